The summed E-state index contributed by atoms with van der Waals surface area (Å²) in [6, 6.07) is 11.5. The van der Waals surface area contributed by atoms with E-state index in [0.29, 0.717) is 24.4 Å². The zero-order valence-corrected chi connectivity index (χ0v) is 16.7. The molecule has 0 fully saturated rings. The number of hydrogen-bond donors (Lipinski definition) is 1. The summed E-state index contributed by atoms with van der Waals surface area (Å²) in [4.78, 5) is 12.4. The topological polar surface area (TPSA) is 66.5 Å². The molecule has 1 atom stereocenters. The van der Waals surface area contributed by atoms with Crippen molar-refractivity contribution in [2.45, 2.75) is 25.8 Å². The van der Waals surface area contributed by atoms with Crippen LogP contribution in [0.25, 0.3) is 0 Å². The largest absolute Gasteiger partial charge is 0.354 e. The standard InChI is InChI=1S/C19H22ClFN2O3S/c1-14(23(27(2,25)26)17-11-9-16(21)10-12-17)19(24)22-13-5-7-15-6-3-4-8-18(15)20/h3-4,6,8-12,14H,5,7,13H2,1-2H3,(H,22,24). The summed E-state index contributed by atoms with van der Waals surface area (Å²) >= 11 is 6.10. The molecule has 5 nitrogen and oxygen atoms in total. The van der Waals surface area contributed by atoms with Gasteiger partial charge in [0, 0.05) is 11.6 Å². The van der Waals surface area contributed by atoms with Gasteiger partial charge in [0.25, 0.3) is 0 Å². The van der Waals surface area contributed by atoms with Crippen LogP contribution in [-0.4, -0.2) is 33.2 Å². The van der Waals surface area contributed by atoms with Crippen molar-refractivity contribution in [1.29, 1.82) is 0 Å². The fourth-order valence-corrected chi connectivity index (χ4v) is 4.14. The van der Waals surface area contributed by atoms with E-state index < -0.39 is 27.8 Å². The van der Waals surface area contributed by atoms with Crippen LogP contribution in [0.2, 0.25) is 5.02 Å². The summed E-state index contributed by atoms with van der Waals surface area (Å²) in [7, 11) is -3.72. The number of amides is 1. The normalized spacial score (nSPS) is 12.4. The smallest absolute Gasteiger partial charge is 0.243 e. The van der Waals surface area contributed by atoms with Crippen molar-refractivity contribution >= 4 is 33.2 Å². The summed E-state index contributed by atoms with van der Waals surface area (Å²) in [5.41, 5.74) is 1.23. The molecule has 0 saturated carbocycles. The van der Waals surface area contributed by atoms with Crippen molar-refractivity contribution in [3.63, 3.8) is 0 Å². The molecule has 0 bridgehead atoms. The average molecular weight is 413 g/mol. The molecule has 8 heteroatoms. The van der Waals surface area contributed by atoms with E-state index in [1.165, 1.54) is 19.1 Å². The molecule has 1 amide bonds. The summed E-state index contributed by atoms with van der Waals surface area (Å²) in [6.07, 6.45) is 2.37. The zero-order chi connectivity index (χ0) is 20.0. The van der Waals surface area contributed by atoms with Crippen molar-refractivity contribution in [2.24, 2.45) is 0 Å². The second-order valence-corrected chi connectivity index (χ2v) is 8.46. The highest BCUT2D eigenvalue weighted by atomic mass is 35.5. The minimum Gasteiger partial charge on any atom is -0.354 e. The maximum absolute atomic E-state index is 13.1. The fourth-order valence-electron chi connectivity index (χ4n) is 2.74. The summed E-state index contributed by atoms with van der Waals surface area (Å²) in [5.74, 6) is -0.909. The van der Waals surface area contributed by atoms with Gasteiger partial charge in [-0.05, 0) is 55.7 Å². The lowest BCUT2D eigenvalue weighted by Crippen LogP contribution is -2.48. The number of halogens is 2. The van der Waals surface area contributed by atoms with Gasteiger partial charge in [-0.25, -0.2) is 12.8 Å². The monoisotopic (exact) mass is 412 g/mol. The third kappa shape index (κ3) is 5.94. The Morgan fingerprint density at radius 1 is 1.19 bits per heavy atom. The Labute approximate surface area is 164 Å². The molecule has 0 aliphatic heterocycles. The first-order chi connectivity index (χ1) is 12.7. The Morgan fingerprint density at radius 3 is 2.41 bits per heavy atom. The van der Waals surface area contributed by atoms with Gasteiger partial charge in [-0.2, -0.15) is 0 Å². The van der Waals surface area contributed by atoms with Gasteiger partial charge in [0.15, 0.2) is 0 Å². The van der Waals surface area contributed by atoms with Crippen LogP contribution in [0.5, 0.6) is 0 Å². The highest BCUT2D eigenvalue weighted by Gasteiger charge is 2.28. The first-order valence-electron chi connectivity index (χ1n) is 8.46. The molecule has 0 aliphatic carbocycles. The molecular weight excluding hydrogens is 391 g/mol. The van der Waals surface area contributed by atoms with E-state index in [0.717, 1.165) is 28.3 Å². The number of rotatable bonds is 8. The van der Waals surface area contributed by atoms with E-state index in [1.807, 2.05) is 24.3 Å². The molecule has 27 heavy (non-hydrogen) atoms. The molecule has 0 spiro atoms. The van der Waals surface area contributed by atoms with Crippen molar-refractivity contribution in [2.75, 3.05) is 17.1 Å². The Bertz CT molecular complexity index is 888. The van der Waals surface area contributed by atoms with Crippen molar-refractivity contribution < 1.29 is 17.6 Å². The van der Waals surface area contributed by atoms with Crippen LogP contribution in [0.1, 0.15) is 18.9 Å². The van der Waals surface area contributed by atoms with Gasteiger partial charge in [0.05, 0.1) is 11.9 Å². The molecule has 2 rings (SSSR count). The number of anilines is 1. The minimum atomic E-state index is -3.72. The van der Waals surface area contributed by atoms with Crippen molar-refractivity contribution in [3.05, 3.63) is 64.9 Å². The lowest BCUT2D eigenvalue weighted by molar-refractivity contribution is -0.121. The molecule has 2 aromatic rings. The van der Waals surface area contributed by atoms with E-state index in [9.17, 15) is 17.6 Å². The van der Waals surface area contributed by atoms with Crippen LogP contribution in [0.15, 0.2) is 48.5 Å². The van der Waals surface area contributed by atoms with Crippen LogP contribution < -0.4 is 9.62 Å². The maximum atomic E-state index is 13.1. The molecule has 0 heterocycles. The lowest BCUT2D eigenvalue weighted by atomic mass is 10.1. The average Bonchev–Trinajstić information content (AvgIpc) is 2.60. The number of hydrogen-bond acceptors (Lipinski definition) is 3. The van der Waals surface area contributed by atoms with Crippen LogP contribution in [0.3, 0.4) is 0 Å². The number of aryl methyl sites for hydroxylation is 1. The molecule has 1 N–H and O–H groups in total. The molecule has 2 aromatic carbocycles. The van der Waals surface area contributed by atoms with Gasteiger partial charge < -0.3 is 5.32 Å². The van der Waals surface area contributed by atoms with E-state index in [4.69, 9.17) is 11.6 Å². The van der Waals surface area contributed by atoms with E-state index in [2.05, 4.69) is 5.32 Å². The van der Waals surface area contributed by atoms with E-state index in [-0.39, 0.29) is 5.69 Å². The van der Waals surface area contributed by atoms with Gasteiger partial charge in [-0.15, -0.1) is 0 Å². The second-order valence-electron chi connectivity index (χ2n) is 6.20. The first kappa shape index (κ1) is 21.2. The predicted octanol–water partition coefficient (Wildman–Crippen LogP) is 3.38. The minimum absolute atomic E-state index is 0.234. The Balaban J connectivity index is 1.98. The summed E-state index contributed by atoms with van der Waals surface area (Å²) < 4.78 is 38.4. The van der Waals surface area contributed by atoms with E-state index >= 15 is 0 Å². The van der Waals surface area contributed by atoms with Crippen molar-refractivity contribution in [3.8, 4) is 0 Å². The number of carbonyl (C=O) groups excluding carboxylic acids is 1. The molecule has 0 saturated heterocycles. The Kier molecular flexibility index (Phi) is 7.21. The van der Waals surface area contributed by atoms with Crippen LogP contribution in [0.4, 0.5) is 10.1 Å². The number of sulfonamides is 1. The van der Waals surface area contributed by atoms with Crippen LogP contribution in [-0.2, 0) is 21.2 Å². The molecule has 0 aromatic heterocycles. The van der Waals surface area contributed by atoms with Gasteiger partial charge in [0.2, 0.25) is 15.9 Å². The van der Waals surface area contributed by atoms with E-state index in [1.54, 1.807) is 0 Å². The Morgan fingerprint density at radius 2 is 1.81 bits per heavy atom. The zero-order valence-electron chi connectivity index (χ0n) is 15.2. The highest BCUT2D eigenvalue weighted by Crippen LogP contribution is 2.21. The highest BCUT2D eigenvalue weighted by molar-refractivity contribution is 7.92. The second kappa shape index (κ2) is 9.19. The predicted molar refractivity (Wildman–Crippen MR) is 106 cm³/mol. The summed E-state index contributed by atoms with van der Waals surface area (Å²) in [6.45, 7) is 1.88. The van der Waals surface area contributed by atoms with Crippen LogP contribution >= 0.6 is 11.6 Å². The van der Waals surface area contributed by atoms with Gasteiger partial charge in [-0.1, -0.05) is 29.8 Å². The Hall–Kier alpha value is -2.12. The molecule has 0 aliphatic rings. The fraction of sp³-hybridized carbons (Fsp3) is 0.316. The maximum Gasteiger partial charge on any atom is 0.243 e. The summed E-state index contributed by atoms with van der Waals surface area (Å²) in [5, 5.41) is 3.42. The van der Waals surface area contributed by atoms with Gasteiger partial charge >= 0.3 is 0 Å². The lowest BCUT2D eigenvalue weighted by Gasteiger charge is -2.28. The number of nitrogens with zero attached hydrogens (tertiary/aromatic N) is 1. The number of benzene rings is 2. The third-order valence-corrected chi connectivity index (χ3v) is 5.66. The molecule has 146 valence electrons. The molecular formula is C19H22ClFN2O3S. The van der Waals surface area contributed by atoms with Gasteiger partial charge in [-0.3, -0.25) is 9.10 Å². The van der Waals surface area contributed by atoms with Gasteiger partial charge in [0.1, 0.15) is 11.9 Å². The van der Waals surface area contributed by atoms with Crippen LogP contribution in [0, 0.1) is 5.82 Å². The third-order valence-electron chi connectivity index (χ3n) is 4.05. The van der Waals surface area contributed by atoms with Crippen molar-refractivity contribution in [1.82, 2.24) is 5.32 Å². The number of nitrogens with one attached hydrogen (secondary N) is 1. The number of carbonyl (C=O) groups is 1. The first-order valence-corrected chi connectivity index (χ1v) is 10.7. The molecule has 0 radical (unpaired) electrons. The molecule has 1 unspecified atom stereocenters. The quantitative estimate of drug-likeness (QED) is 0.676. The SMILES string of the molecule is CC(C(=O)NCCCc1ccccc1Cl)N(c1ccc(F)cc1)S(C)(=O)=O.